The zero-order valence-electron chi connectivity index (χ0n) is 11.6. The van der Waals surface area contributed by atoms with Crippen LogP contribution in [0.3, 0.4) is 0 Å². The first kappa shape index (κ1) is 16.2. The summed E-state index contributed by atoms with van der Waals surface area (Å²) in [5.41, 5.74) is 0.648. The summed E-state index contributed by atoms with van der Waals surface area (Å²) in [5, 5.41) is 4.62. The predicted molar refractivity (Wildman–Crippen MR) is 77.5 cm³/mol. The van der Waals surface area contributed by atoms with Crippen molar-refractivity contribution >= 4 is 28.3 Å². The third-order valence-corrected chi connectivity index (χ3v) is 4.28. The quantitative estimate of drug-likeness (QED) is 0.768. The number of hydrogen-bond acceptors (Lipinski definition) is 3. The van der Waals surface area contributed by atoms with Crippen LogP contribution in [0.15, 0.2) is 6.07 Å². The number of carbonyl (C=O) groups excluding carboxylic acids is 1. The van der Waals surface area contributed by atoms with E-state index in [0.717, 1.165) is 12.8 Å². The number of aryl methyl sites for hydroxylation is 1. The van der Waals surface area contributed by atoms with Gasteiger partial charge < -0.3 is 4.90 Å². The number of carbonyl (C=O) groups is 1. The second-order valence-electron chi connectivity index (χ2n) is 4.48. The molecular weight excluding hydrogens is 286 g/mol. The smallest absolute Gasteiger partial charge is 0.234 e. The summed E-state index contributed by atoms with van der Waals surface area (Å²) in [7, 11) is 2.22. The molecule has 0 saturated heterocycles. The lowest BCUT2D eigenvalue weighted by Crippen LogP contribution is -2.32. The molecule has 1 rings (SSSR count). The van der Waals surface area contributed by atoms with Crippen molar-refractivity contribution < 1.29 is 9.00 Å². The van der Waals surface area contributed by atoms with Crippen LogP contribution in [-0.2, 0) is 28.4 Å². The van der Waals surface area contributed by atoms with Gasteiger partial charge in [0.2, 0.25) is 5.91 Å². The Bertz CT molecular complexity index is 442. The van der Waals surface area contributed by atoms with E-state index in [1.807, 2.05) is 0 Å². The maximum absolute atomic E-state index is 11.9. The first-order valence-electron chi connectivity index (χ1n) is 6.21. The van der Waals surface area contributed by atoms with Crippen LogP contribution < -0.4 is 0 Å². The molecule has 1 amide bonds. The average Bonchev–Trinajstić information content (AvgIpc) is 2.64. The normalized spacial score (nSPS) is 12.4. The first-order chi connectivity index (χ1) is 8.93. The lowest BCUT2D eigenvalue weighted by molar-refractivity contribution is -0.127. The van der Waals surface area contributed by atoms with Crippen molar-refractivity contribution in [3.8, 4) is 0 Å². The van der Waals surface area contributed by atoms with E-state index in [-0.39, 0.29) is 17.4 Å². The summed E-state index contributed by atoms with van der Waals surface area (Å²) in [6.07, 6.45) is 2.00. The Labute approximate surface area is 121 Å². The van der Waals surface area contributed by atoms with E-state index >= 15 is 0 Å². The molecule has 0 aliphatic heterocycles. The van der Waals surface area contributed by atoms with Gasteiger partial charge in [0.25, 0.3) is 0 Å². The Hall–Kier alpha value is -0.880. The van der Waals surface area contributed by atoms with Gasteiger partial charge in [0.15, 0.2) is 0 Å². The fraction of sp³-hybridized carbons (Fsp3) is 0.667. The van der Waals surface area contributed by atoms with Crippen LogP contribution >= 0.6 is 11.6 Å². The molecule has 1 aromatic rings. The molecular formula is C12H20ClN3O2S. The van der Waals surface area contributed by atoms with Gasteiger partial charge in [-0.25, -0.2) is 0 Å². The van der Waals surface area contributed by atoms with Crippen molar-refractivity contribution in [2.24, 2.45) is 7.05 Å². The Balaban J connectivity index is 2.44. The van der Waals surface area contributed by atoms with Crippen molar-refractivity contribution in [1.29, 1.82) is 0 Å². The SMILES string of the molecule is CCCCN(C)C(=O)CS(=O)Cc1cc(Cl)n(C)n1. The van der Waals surface area contributed by atoms with Crippen LogP contribution in [0.25, 0.3) is 0 Å². The summed E-state index contributed by atoms with van der Waals surface area (Å²) in [6, 6.07) is 1.67. The first-order valence-corrected chi connectivity index (χ1v) is 8.08. The molecule has 0 radical (unpaired) electrons. The molecule has 1 atom stereocenters. The third kappa shape index (κ3) is 5.32. The van der Waals surface area contributed by atoms with Crippen molar-refractivity contribution in [2.75, 3.05) is 19.3 Å². The van der Waals surface area contributed by atoms with E-state index in [0.29, 0.717) is 17.4 Å². The molecule has 0 saturated carbocycles. The molecule has 108 valence electrons. The zero-order valence-corrected chi connectivity index (χ0v) is 13.1. The van der Waals surface area contributed by atoms with E-state index in [1.54, 1.807) is 25.1 Å². The van der Waals surface area contributed by atoms with Crippen LogP contribution in [0.5, 0.6) is 0 Å². The molecule has 7 heteroatoms. The number of unbranched alkanes of at least 4 members (excludes halogenated alkanes) is 1. The summed E-state index contributed by atoms with van der Waals surface area (Å²) in [4.78, 5) is 13.4. The third-order valence-electron chi connectivity index (χ3n) is 2.74. The van der Waals surface area contributed by atoms with Crippen LogP contribution in [0.4, 0.5) is 0 Å². The summed E-state index contributed by atoms with van der Waals surface area (Å²) in [5.74, 6) is 0.205. The minimum atomic E-state index is -1.25. The summed E-state index contributed by atoms with van der Waals surface area (Å²) in [6.45, 7) is 2.78. The average molecular weight is 306 g/mol. The van der Waals surface area contributed by atoms with Gasteiger partial charge in [-0.2, -0.15) is 5.10 Å². The molecule has 1 heterocycles. The summed E-state index contributed by atoms with van der Waals surface area (Å²) < 4.78 is 13.4. The van der Waals surface area contributed by atoms with Crippen LogP contribution in [0.1, 0.15) is 25.5 Å². The second kappa shape index (κ2) is 7.65. The van der Waals surface area contributed by atoms with Gasteiger partial charge in [0.05, 0.1) is 11.4 Å². The van der Waals surface area contributed by atoms with Gasteiger partial charge in [-0.3, -0.25) is 13.7 Å². The van der Waals surface area contributed by atoms with E-state index in [9.17, 15) is 9.00 Å². The van der Waals surface area contributed by atoms with Crippen molar-refractivity contribution in [2.45, 2.75) is 25.5 Å². The highest BCUT2D eigenvalue weighted by Gasteiger charge is 2.14. The van der Waals surface area contributed by atoms with Crippen LogP contribution in [0.2, 0.25) is 5.15 Å². The highest BCUT2D eigenvalue weighted by atomic mass is 35.5. The predicted octanol–water partition coefficient (Wildman–Crippen LogP) is 1.58. The largest absolute Gasteiger partial charge is 0.345 e. The maximum atomic E-state index is 11.9. The minimum absolute atomic E-state index is 0.0361. The van der Waals surface area contributed by atoms with Crippen LogP contribution in [-0.4, -0.2) is 44.1 Å². The molecule has 0 spiro atoms. The van der Waals surface area contributed by atoms with Crippen molar-refractivity contribution in [1.82, 2.24) is 14.7 Å². The topological polar surface area (TPSA) is 55.2 Å². The minimum Gasteiger partial charge on any atom is -0.345 e. The zero-order chi connectivity index (χ0) is 14.4. The Kier molecular flexibility index (Phi) is 6.51. The highest BCUT2D eigenvalue weighted by Crippen LogP contribution is 2.11. The van der Waals surface area contributed by atoms with Gasteiger partial charge in [-0.15, -0.1) is 0 Å². The standard InChI is InChI=1S/C12H20ClN3O2S/c1-4-5-6-15(2)12(17)9-19(18)8-10-7-11(13)16(3)14-10/h7H,4-6,8-9H2,1-3H3. The lowest BCUT2D eigenvalue weighted by atomic mass is 10.3. The molecule has 1 unspecified atom stereocenters. The molecule has 0 aliphatic carbocycles. The maximum Gasteiger partial charge on any atom is 0.234 e. The molecule has 0 aliphatic rings. The summed E-state index contributed by atoms with van der Waals surface area (Å²) >= 11 is 5.85. The van der Waals surface area contributed by atoms with Gasteiger partial charge in [0.1, 0.15) is 10.9 Å². The van der Waals surface area contributed by atoms with Crippen molar-refractivity contribution in [3.63, 3.8) is 0 Å². The number of aromatic nitrogens is 2. The van der Waals surface area contributed by atoms with Gasteiger partial charge in [-0.05, 0) is 12.5 Å². The fourth-order valence-electron chi connectivity index (χ4n) is 1.55. The molecule has 1 aromatic heterocycles. The fourth-order valence-corrected chi connectivity index (χ4v) is 2.79. The van der Waals surface area contributed by atoms with Gasteiger partial charge in [-0.1, -0.05) is 24.9 Å². The number of amides is 1. The highest BCUT2D eigenvalue weighted by molar-refractivity contribution is 7.84. The number of halogens is 1. The molecule has 0 fully saturated rings. The Morgan fingerprint density at radius 1 is 1.58 bits per heavy atom. The van der Waals surface area contributed by atoms with E-state index in [1.165, 1.54) is 4.68 Å². The number of rotatable bonds is 7. The Morgan fingerprint density at radius 2 is 2.26 bits per heavy atom. The van der Waals surface area contributed by atoms with E-state index in [2.05, 4.69) is 12.0 Å². The van der Waals surface area contributed by atoms with Gasteiger partial charge >= 0.3 is 0 Å². The number of hydrogen-bond donors (Lipinski definition) is 0. The lowest BCUT2D eigenvalue weighted by Gasteiger charge is -2.16. The van der Waals surface area contributed by atoms with Crippen molar-refractivity contribution in [3.05, 3.63) is 16.9 Å². The van der Waals surface area contributed by atoms with Crippen LogP contribution in [0, 0.1) is 0 Å². The Morgan fingerprint density at radius 3 is 2.79 bits per heavy atom. The van der Waals surface area contributed by atoms with E-state index in [4.69, 9.17) is 11.6 Å². The van der Waals surface area contributed by atoms with Gasteiger partial charge in [0, 0.05) is 31.4 Å². The molecule has 0 aromatic carbocycles. The van der Waals surface area contributed by atoms with E-state index < -0.39 is 10.8 Å². The second-order valence-corrected chi connectivity index (χ2v) is 6.32. The molecule has 0 bridgehead atoms. The molecule has 0 N–H and O–H groups in total. The monoisotopic (exact) mass is 305 g/mol. The molecule has 19 heavy (non-hydrogen) atoms. The number of nitrogens with zero attached hydrogens (tertiary/aromatic N) is 3. The molecule has 5 nitrogen and oxygen atoms in total.